The zero-order chi connectivity index (χ0) is 11.7. The molecule has 0 unspecified atom stereocenters. The van der Waals surface area contributed by atoms with Crippen LogP contribution in [0.3, 0.4) is 0 Å². The predicted molar refractivity (Wildman–Crippen MR) is 69.4 cm³/mol. The van der Waals surface area contributed by atoms with E-state index in [2.05, 4.69) is 17.9 Å². The molecule has 0 aliphatic heterocycles. The van der Waals surface area contributed by atoms with Crippen molar-refractivity contribution in [3.8, 4) is 0 Å². The Morgan fingerprint density at radius 3 is 2.27 bits per heavy atom. The van der Waals surface area contributed by atoms with Gasteiger partial charge in [-0.25, -0.2) is 0 Å². The number of carbonyl (C=O) groups excluding carboxylic acids is 1. The third-order valence-corrected chi connectivity index (χ3v) is 2.68. The number of rotatable bonds is 8. The maximum Gasteiger partial charge on any atom is 0.138 e. The van der Waals surface area contributed by atoms with E-state index in [1.165, 1.54) is 12.8 Å². The van der Waals surface area contributed by atoms with Crippen LogP contribution in [0, 0.1) is 5.41 Å². The van der Waals surface area contributed by atoms with E-state index in [9.17, 15) is 4.79 Å². The molecule has 90 valence electrons. The first-order chi connectivity index (χ1) is 6.98. The molecule has 2 nitrogen and oxygen atoms in total. The van der Waals surface area contributed by atoms with Gasteiger partial charge in [-0.05, 0) is 19.4 Å². The quantitative estimate of drug-likeness (QED) is 0.382. The molecule has 0 aliphatic carbocycles. The number of hydrogen-bond donors (Lipinski definition) is 2. The molecule has 0 aliphatic rings. The van der Waals surface area contributed by atoms with Crippen LogP contribution in [0.2, 0.25) is 0 Å². The van der Waals surface area contributed by atoms with Crippen LogP contribution < -0.4 is 5.32 Å². The molecule has 0 saturated heterocycles. The SMILES string of the molecule is CC(C)(C)C(=O)CCCCCCNCS. The van der Waals surface area contributed by atoms with E-state index in [1.54, 1.807) is 0 Å². The van der Waals surface area contributed by atoms with Crippen molar-refractivity contribution in [1.82, 2.24) is 5.32 Å². The number of Topliss-reactive ketones (excluding diaryl/α,β-unsaturated/α-hetero) is 1. The lowest BCUT2D eigenvalue weighted by atomic mass is 9.88. The number of unbranched alkanes of at least 4 members (excludes halogenated alkanes) is 3. The third-order valence-electron chi connectivity index (χ3n) is 2.46. The van der Waals surface area contributed by atoms with Gasteiger partial charge in [0.05, 0.1) is 0 Å². The molecule has 0 radical (unpaired) electrons. The van der Waals surface area contributed by atoms with Crippen LogP contribution in [0.5, 0.6) is 0 Å². The minimum absolute atomic E-state index is 0.159. The molecule has 0 bridgehead atoms. The van der Waals surface area contributed by atoms with E-state index in [0.29, 0.717) is 5.78 Å². The highest BCUT2D eigenvalue weighted by molar-refractivity contribution is 7.80. The maximum absolute atomic E-state index is 11.6. The van der Waals surface area contributed by atoms with Gasteiger partial charge in [-0.1, -0.05) is 33.6 Å². The Bertz CT molecular complexity index is 175. The molecule has 0 fully saturated rings. The van der Waals surface area contributed by atoms with E-state index in [4.69, 9.17) is 0 Å². The zero-order valence-corrected chi connectivity index (χ0v) is 11.2. The first-order valence-electron chi connectivity index (χ1n) is 5.83. The highest BCUT2D eigenvalue weighted by atomic mass is 32.1. The molecular weight excluding hydrogens is 206 g/mol. The molecule has 0 rings (SSSR count). The van der Waals surface area contributed by atoms with Crippen molar-refractivity contribution in [1.29, 1.82) is 0 Å². The summed E-state index contributed by atoms with van der Waals surface area (Å²) in [6.45, 7) is 7.01. The van der Waals surface area contributed by atoms with Crippen molar-refractivity contribution in [2.45, 2.75) is 52.9 Å². The van der Waals surface area contributed by atoms with Gasteiger partial charge < -0.3 is 5.32 Å². The molecular formula is C12H25NOS. The molecule has 0 aromatic rings. The second-order valence-corrected chi connectivity index (χ2v) is 5.31. The summed E-state index contributed by atoms with van der Waals surface area (Å²) in [5, 5.41) is 3.17. The lowest BCUT2D eigenvalue weighted by Crippen LogP contribution is -2.19. The third kappa shape index (κ3) is 8.94. The maximum atomic E-state index is 11.6. The fraction of sp³-hybridized carbons (Fsp3) is 0.917. The summed E-state index contributed by atoms with van der Waals surface area (Å²) in [6, 6.07) is 0. The van der Waals surface area contributed by atoms with Gasteiger partial charge >= 0.3 is 0 Å². The average Bonchev–Trinajstić information content (AvgIpc) is 2.14. The Hall–Kier alpha value is -0.0200. The van der Waals surface area contributed by atoms with Crippen LogP contribution in [0.4, 0.5) is 0 Å². The first kappa shape index (κ1) is 15.0. The van der Waals surface area contributed by atoms with E-state index < -0.39 is 0 Å². The molecule has 15 heavy (non-hydrogen) atoms. The summed E-state index contributed by atoms with van der Waals surface area (Å²) >= 11 is 4.07. The molecule has 3 heteroatoms. The number of hydrogen-bond acceptors (Lipinski definition) is 3. The fourth-order valence-corrected chi connectivity index (χ4v) is 1.50. The van der Waals surface area contributed by atoms with Gasteiger partial charge in [0.2, 0.25) is 0 Å². The normalized spacial score (nSPS) is 11.7. The van der Waals surface area contributed by atoms with Crippen LogP contribution in [-0.4, -0.2) is 18.2 Å². The second kappa shape index (κ2) is 8.17. The minimum Gasteiger partial charge on any atom is -0.308 e. The predicted octanol–water partition coefficient (Wildman–Crippen LogP) is 3.03. The van der Waals surface area contributed by atoms with Crippen molar-refractivity contribution in [3.63, 3.8) is 0 Å². The number of nitrogens with one attached hydrogen (secondary N) is 1. The Kier molecular flexibility index (Phi) is 8.16. The van der Waals surface area contributed by atoms with Gasteiger partial charge in [0.15, 0.2) is 0 Å². The Balaban J connectivity index is 3.28. The summed E-state index contributed by atoms with van der Waals surface area (Å²) in [5.74, 6) is 1.14. The van der Waals surface area contributed by atoms with Crippen LogP contribution in [0.1, 0.15) is 52.9 Å². The zero-order valence-electron chi connectivity index (χ0n) is 10.3. The van der Waals surface area contributed by atoms with Crippen molar-refractivity contribution < 1.29 is 4.79 Å². The molecule has 0 aromatic carbocycles. The number of carbonyl (C=O) groups is 1. The van der Waals surface area contributed by atoms with Gasteiger partial charge in [-0.2, -0.15) is 12.6 Å². The molecule has 1 N–H and O–H groups in total. The highest BCUT2D eigenvalue weighted by Gasteiger charge is 2.19. The van der Waals surface area contributed by atoms with Crippen LogP contribution >= 0.6 is 12.6 Å². The average molecular weight is 231 g/mol. The van der Waals surface area contributed by atoms with Crippen LogP contribution in [0.25, 0.3) is 0 Å². The van der Waals surface area contributed by atoms with E-state index in [0.717, 1.165) is 31.7 Å². The van der Waals surface area contributed by atoms with Crippen molar-refractivity contribution >= 4 is 18.4 Å². The molecule has 0 amide bonds. The minimum atomic E-state index is -0.159. The summed E-state index contributed by atoms with van der Waals surface area (Å²) in [4.78, 5) is 11.6. The molecule has 0 spiro atoms. The molecule has 0 aromatic heterocycles. The Labute approximate surface area is 99.6 Å². The first-order valence-corrected chi connectivity index (χ1v) is 6.46. The molecule has 0 atom stereocenters. The lowest BCUT2D eigenvalue weighted by molar-refractivity contribution is -0.126. The number of ketones is 1. The Morgan fingerprint density at radius 1 is 1.13 bits per heavy atom. The van der Waals surface area contributed by atoms with Gasteiger partial charge in [-0.15, -0.1) is 0 Å². The number of thiol groups is 1. The standard InChI is InChI=1S/C12H25NOS/c1-12(2,3)11(14)8-6-4-5-7-9-13-10-15/h13,15H,4-10H2,1-3H3. The molecule has 0 heterocycles. The van der Waals surface area contributed by atoms with E-state index in [-0.39, 0.29) is 5.41 Å². The topological polar surface area (TPSA) is 29.1 Å². The summed E-state index contributed by atoms with van der Waals surface area (Å²) < 4.78 is 0. The highest BCUT2D eigenvalue weighted by Crippen LogP contribution is 2.18. The largest absolute Gasteiger partial charge is 0.308 e. The van der Waals surface area contributed by atoms with Crippen LogP contribution in [-0.2, 0) is 4.79 Å². The second-order valence-electron chi connectivity index (χ2n) is 5.00. The summed E-state index contributed by atoms with van der Waals surface area (Å²) in [5.41, 5.74) is -0.159. The van der Waals surface area contributed by atoms with Gasteiger partial charge in [0.25, 0.3) is 0 Å². The van der Waals surface area contributed by atoms with Gasteiger partial charge in [-0.3, -0.25) is 4.79 Å². The van der Waals surface area contributed by atoms with Gasteiger partial charge in [0, 0.05) is 17.7 Å². The fourth-order valence-electron chi connectivity index (χ4n) is 1.34. The van der Waals surface area contributed by atoms with Crippen molar-refractivity contribution in [2.75, 3.05) is 12.4 Å². The summed E-state index contributed by atoms with van der Waals surface area (Å²) in [7, 11) is 0. The van der Waals surface area contributed by atoms with E-state index in [1.807, 2.05) is 20.8 Å². The van der Waals surface area contributed by atoms with Crippen molar-refractivity contribution in [2.24, 2.45) is 5.41 Å². The lowest BCUT2D eigenvalue weighted by Gasteiger charge is -2.16. The monoisotopic (exact) mass is 231 g/mol. The summed E-state index contributed by atoms with van der Waals surface area (Å²) in [6.07, 6.45) is 5.33. The van der Waals surface area contributed by atoms with Crippen molar-refractivity contribution in [3.05, 3.63) is 0 Å². The Morgan fingerprint density at radius 2 is 1.73 bits per heavy atom. The van der Waals surface area contributed by atoms with Gasteiger partial charge in [0.1, 0.15) is 5.78 Å². The molecule has 0 saturated carbocycles. The van der Waals surface area contributed by atoms with Crippen LogP contribution in [0.15, 0.2) is 0 Å². The van der Waals surface area contributed by atoms with E-state index >= 15 is 0 Å². The smallest absolute Gasteiger partial charge is 0.138 e.